The molecule has 0 saturated heterocycles. The van der Waals surface area contributed by atoms with Crippen LogP contribution >= 0.6 is 23.7 Å². The highest BCUT2D eigenvalue weighted by atomic mass is 32.2. The van der Waals surface area contributed by atoms with Gasteiger partial charge in [0, 0.05) is 24.4 Å². The second-order valence-corrected chi connectivity index (χ2v) is 6.91. The van der Waals surface area contributed by atoms with E-state index in [1.807, 2.05) is 23.3 Å². The number of rotatable bonds is 10. The van der Waals surface area contributed by atoms with E-state index in [0.717, 1.165) is 28.7 Å². The van der Waals surface area contributed by atoms with Gasteiger partial charge in [-0.25, -0.2) is 4.09 Å². The summed E-state index contributed by atoms with van der Waals surface area (Å²) in [6, 6.07) is 4.09. The maximum Gasteiger partial charge on any atom is 0.136 e. The fourth-order valence-electron chi connectivity index (χ4n) is 2.10. The monoisotopic (exact) mass is 325 g/mol. The maximum absolute atomic E-state index is 5.20. The number of thioether (sulfide) groups is 1. The molecule has 0 aliphatic heterocycles. The lowest BCUT2D eigenvalue weighted by Gasteiger charge is -2.01. The highest BCUT2D eigenvalue weighted by Gasteiger charge is 2.01. The van der Waals surface area contributed by atoms with Gasteiger partial charge in [-0.15, -0.1) is 11.8 Å². The van der Waals surface area contributed by atoms with Crippen LogP contribution in [-0.2, 0) is 6.42 Å². The molecule has 0 aliphatic rings. The third kappa shape index (κ3) is 6.18. The zero-order valence-electron chi connectivity index (χ0n) is 12.7. The van der Waals surface area contributed by atoms with Crippen molar-refractivity contribution in [2.75, 3.05) is 12.0 Å². The summed E-state index contributed by atoms with van der Waals surface area (Å²) in [5.74, 6) is 2.16. The molecule has 0 spiro atoms. The zero-order valence-corrected chi connectivity index (χ0v) is 14.4. The Morgan fingerprint density at radius 3 is 2.71 bits per heavy atom. The normalized spacial score (nSPS) is 11.1. The van der Waals surface area contributed by atoms with E-state index in [2.05, 4.69) is 22.6 Å². The molecule has 6 heteroatoms. The van der Waals surface area contributed by atoms with Crippen LogP contribution in [0.5, 0.6) is 0 Å². The van der Waals surface area contributed by atoms with Gasteiger partial charge < -0.3 is 4.52 Å². The second-order valence-electron chi connectivity index (χ2n) is 5.05. The Kier molecular flexibility index (Phi) is 7.23. The summed E-state index contributed by atoms with van der Waals surface area (Å²) in [6.07, 6.45) is 11.4. The highest BCUT2D eigenvalue weighted by molar-refractivity contribution is 7.98. The fourth-order valence-corrected chi connectivity index (χ4v) is 3.33. The van der Waals surface area contributed by atoms with Crippen LogP contribution in [0, 0.1) is 6.92 Å². The minimum Gasteiger partial charge on any atom is -0.361 e. The predicted molar refractivity (Wildman–Crippen MR) is 89.9 cm³/mol. The molecule has 0 radical (unpaired) electrons. The van der Waals surface area contributed by atoms with Crippen molar-refractivity contribution < 1.29 is 4.52 Å². The maximum atomic E-state index is 5.20. The van der Waals surface area contributed by atoms with Gasteiger partial charge in [0.1, 0.15) is 10.8 Å². The minimum absolute atomic E-state index is 0.977. The van der Waals surface area contributed by atoms with Crippen LogP contribution in [0.15, 0.2) is 27.9 Å². The standard InChI is InChI=1S/C15H23N3OS2/c1-13-12-14(19-17-13)8-6-4-3-5-7-11-21-18-10-9-15(16-18)20-2/h9-10,12H,3-8,11H2,1-2H3. The van der Waals surface area contributed by atoms with E-state index >= 15 is 0 Å². The van der Waals surface area contributed by atoms with E-state index in [9.17, 15) is 0 Å². The summed E-state index contributed by atoms with van der Waals surface area (Å²) in [5.41, 5.74) is 0.977. The van der Waals surface area contributed by atoms with E-state index in [1.54, 1.807) is 23.7 Å². The molecule has 0 bridgehead atoms. The first kappa shape index (κ1) is 16.5. The van der Waals surface area contributed by atoms with Gasteiger partial charge in [0.25, 0.3) is 0 Å². The Hall–Kier alpha value is -0.880. The van der Waals surface area contributed by atoms with Gasteiger partial charge in [-0.2, -0.15) is 5.10 Å². The van der Waals surface area contributed by atoms with Gasteiger partial charge >= 0.3 is 0 Å². The third-order valence-electron chi connectivity index (χ3n) is 3.22. The lowest BCUT2D eigenvalue weighted by atomic mass is 10.1. The molecule has 2 aromatic rings. The largest absolute Gasteiger partial charge is 0.361 e. The smallest absolute Gasteiger partial charge is 0.136 e. The topological polar surface area (TPSA) is 43.9 Å². The van der Waals surface area contributed by atoms with Crippen LogP contribution in [0.2, 0.25) is 0 Å². The molecule has 0 fully saturated rings. The summed E-state index contributed by atoms with van der Waals surface area (Å²) in [5, 5.41) is 9.43. The summed E-state index contributed by atoms with van der Waals surface area (Å²) in [6.45, 7) is 1.96. The molecule has 21 heavy (non-hydrogen) atoms. The Morgan fingerprint density at radius 2 is 2.00 bits per heavy atom. The minimum atomic E-state index is 0.977. The van der Waals surface area contributed by atoms with Crippen molar-refractivity contribution in [2.24, 2.45) is 0 Å². The molecule has 0 N–H and O–H groups in total. The average Bonchev–Trinajstić information content (AvgIpc) is 3.10. The number of nitrogens with zero attached hydrogens (tertiary/aromatic N) is 3. The molecule has 2 rings (SSSR count). The molecule has 0 aromatic carbocycles. The second kappa shape index (κ2) is 9.20. The van der Waals surface area contributed by atoms with Crippen LogP contribution in [0.25, 0.3) is 0 Å². The molecule has 0 aliphatic carbocycles. The van der Waals surface area contributed by atoms with Crippen LogP contribution in [0.3, 0.4) is 0 Å². The van der Waals surface area contributed by atoms with Crippen molar-refractivity contribution in [2.45, 2.75) is 50.5 Å². The van der Waals surface area contributed by atoms with Crippen LogP contribution in [0.1, 0.15) is 43.6 Å². The Labute approximate surface area is 135 Å². The highest BCUT2D eigenvalue weighted by Crippen LogP contribution is 2.16. The molecular formula is C15H23N3OS2. The van der Waals surface area contributed by atoms with Crippen molar-refractivity contribution in [1.29, 1.82) is 0 Å². The van der Waals surface area contributed by atoms with Gasteiger partial charge in [-0.05, 0) is 44.0 Å². The molecule has 116 valence electrons. The van der Waals surface area contributed by atoms with Crippen LogP contribution < -0.4 is 0 Å². The van der Waals surface area contributed by atoms with E-state index in [1.165, 1.54) is 32.1 Å². The molecule has 0 saturated carbocycles. The lowest BCUT2D eigenvalue weighted by Crippen LogP contribution is -1.91. The van der Waals surface area contributed by atoms with E-state index < -0.39 is 0 Å². The van der Waals surface area contributed by atoms with Gasteiger partial charge in [-0.3, -0.25) is 0 Å². The van der Waals surface area contributed by atoms with Crippen LogP contribution in [0.4, 0.5) is 0 Å². The van der Waals surface area contributed by atoms with Crippen molar-refractivity contribution >= 4 is 23.7 Å². The van der Waals surface area contributed by atoms with Crippen LogP contribution in [-0.4, -0.2) is 26.4 Å². The van der Waals surface area contributed by atoms with E-state index in [-0.39, 0.29) is 0 Å². The van der Waals surface area contributed by atoms with Gasteiger partial charge in [0.05, 0.1) is 5.69 Å². The first-order valence-electron chi connectivity index (χ1n) is 7.43. The average molecular weight is 326 g/mol. The van der Waals surface area contributed by atoms with Gasteiger partial charge in [0.2, 0.25) is 0 Å². The molecular weight excluding hydrogens is 302 g/mol. The van der Waals surface area contributed by atoms with E-state index in [4.69, 9.17) is 4.52 Å². The van der Waals surface area contributed by atoms with Crippen molar-refractivity contribution in [3.05, 3.63) is 29.8 Å². The number of aryl methyl sites for hydroxylation is 2. The fraction of sp³-hybridized carbons (Fsp3) is 0.600. The molecule has 0 amide bonds. The number of unbranched alkanes of at least 4 members (excludes halogenated alkanes) is 4. The Morgan fingerprint density at radius 1 is 1.19 bits per heavy atom. The van der Waals surface area contributed by atoms with Crippen molar-refractivity contribution in [1.82, 2.24) is 14.3 Å². The molecule has 2 heterocycles. The number of hydrogen-bond acceptors (Lipinski definition) is 5. The third-order valence-corrected chi connectivity index (χ3v) is 4.79. The Bertz CT molecular complexity index is 524. The summed E-state index contributed by atoms with van der Waals surface area (Å²) in [4.78, 5) is 0. The van der Waals surface area contributed by atoms with Gasteiger partial charge in [-0.1, -0.05) is 24.4 Å². The zero-order chi connectivity index (χ0) is 14.9. The molecule has 0 unspecified atom stereocenters. The predicted octanol–water partition coefficient (Wildman–Crippen LogP) is 4.59. The molecule has 2 aromatic heterocycles. The molecule has 4 nitrogen and oxygen atoms in total. The first-order valence-corrected chi connectivity index (χ1v) is 9.60. The quantitative estimate of drug-likeness (QED) is 0.472. The summed E-state index contributed by atoms with van der Waals surface area (Å²) < 4.78 is 7.18. The summed E-state index contributed by atoms with van der Waals surface area (Å²) >= 11 is 3.47. The Balaban J connectivity index is 1.45. The van der Waals surface area contributed by atoms with Gasteiger partial charge in [0.15, 0.2) is 0 Å². The SMILES string of the molecule is CSc1ccn(SCCCCCCCc2cc(C)no2)n1. The summed E-state index contributed by atoms with van der Waals surface area (Å²) in [7, 11) is 0. The lowest BCUT2D eigenvalue weighted by molar-refractivity contribution is 0.375. The molecule has 0 atom stereocenters. The van der Waals surface area contributed by atoms with Crippen molar-refractivity contribution in [3.8, 4) is 0 Å². The van der Waals surface area contributed by atoms with E-state index in [0.29, 0.717) is 0 Å². The first-order chi connectivity index (χ1) is 10.3. The number of hydrogen-bond donors (Lipinski definition) is 0. The number of aromatic nitrogens is 3. The van der Waals surface area contributed by atoms with Crippen molar-refractivity contribution in [3.63, 3.8) is 0 Å².